The van der Waals surface area contributed by atoms with Gasteiger partial charge in [-0.2, -0.15) is 4.80 Å². The largest absolute Gasteiger partial charge is 0.324 e. The molecule has 2 rings (SSSR count). The number of benzene rings is 1. The van der Waals surface area contributed by atoms with Gasteiger partial charge in [0.2, 0.25) is 5.91 Å². The van der Waals surface area contributed by atoms with E-state index < -0.39 is 0 Å². The van der Waals surface area contributed by atoms with Gasteiger partial charge in [0.15, 0.2) is 5.82 Å². The summed E-state index contributed by atoms with van der Waals surface area (Å²) in [6, 6.07) is 7.88. The molecule has 2 aromatic rings. The Labute approximate surface area is 169 Å². The molecule has 0 radical (unpaired) electrons. The third-order valence-electron chi connectivity index (χ3n) is 4.89. The highest BCUT2D eigenvalue weighted by atomic mass is 16.2. The van der Waals surface area contributed by atoms with Gasteiger partial charge in [0, 0.05) is 12.1 Å². The zero-order valence-corrected chi connectivity index (χ0v) is 17.7. The number of unbranched alkanes of at least 4 members (excludes halogenated alkanes) is 7. The summed E-state index contributed by atoms with van der Waals surface area (Å²) in [7, 11) is 0. The van der Waals surface area contributed by atoms with E-state index in [1.165, 1.54) is 49.7 Å². The fourth-order valence-electron chi connectivity index (χ4n) is 3.29. The lowest BCUT2D eigenvalue weighted by atomic mass is 10.0. The molecule has 0 saturated heterocycles. The third kappa shape index (κ3) is 7.79. The molecule has 1 aromatic heterocycles. The molecule has 1 heterocycles. The molecule has 0 saturated carbocycles. The molecular weight excluding hydrogens is 350 g/mol. The average Bonchev–Trinajstić information content (AvgIpc) is 3.11. The van der Waals surface area contributed by atoms with Crippen molar-refractivity contribution in [3.63, 3.8) is 0 Å². The number of anilines is 1. The summed E-state index contributed by atoms with van der Waals surface area (Å²) in [5.41, 5.74) is 1.97. The van der Waals surface area contributed by atoms with Crippen LogP contribution in [0.5, 0.6) is 0 Å². The number of para-hydroxylation sites is 1. The Morgan fingerprint density at radius 3 is 2.43 bits per heavy atom. The summed E-state index contributed by atoms with van der Waals surface area (Å²) in [5.74, 6) is 0.935. The Morgan fingerprint density at radius 1 is 1.04 bits per heavy atom. The number of nitrogens with zero attached hydrogens (tertiary/aromatic N) is 4. The van der Waals surface area contributed by atoms with Gasteiger partial charge >= 0.3 is 0 Å². The minimum Gasteiger partial charge on any atom is -0.324 e. The molecule has 0 aliphatic heterocycles. The zero-order chi connectivity index (χ0) is 20.2. The maximum absolute atomic E-state index is 12.3. The molecular formula is C22H35N5O. The lowest BCUT2D eigenvalue weighted by Gasteiger charge is -2.13. The van der Waals surface area contributed by atoms with E-state index in [0.717, 1.165) is 29.9 Å². The molecule has 0 unspecified atom stereocenters. The maximum Gasteiger partial charge on any atom is 0.248 e. The minimum absolute atomic E-state index is 0.0802. The van der Waals surface area contributed by atoms with Crippen LogP contribution in [-0.2, 0) is 17.8 Å². The Kier molecular flexibility index (Phi) is 9.66. The first-order valence-electron chi connectivity index (χ1n) is 10.8. The normalized spacial score (nSPS) is 11.1. The Bertz CT molecular complexity index is 710. The molecule has 0 fully saturated rings. The van der Waals surface area contributed by atoms with Crippen molar-refractivity contribution in [3.8, 4) is 0 Å². The van der Waals surface area contributed by atoms with Gasteiger partial charge in [-0.3, -0.25) is 4.79 Å². The third-order valence-corrected chi connectivity index (χ3v) is 4.89. The highest BCUT2D eigenvalue weighted by Crippen LogP contribution is 2.23. The molecule has 1 aromatic carbocycles. The molecule has 0 aliphatic rings. The molecule has 0 aliphatic carbocycles. The predicted octanol–water partition coefficient (Wildman–Crippen LogP) is 5.12. The first-order chi connectivity index (χ1) is 13.6. The highest BCUT2D eigenvalue weighted by molar-refractivity contribution is 5.91. The lowest BCUT2D eigenvalue weighted by molar-refractivity contribution is -0.117. The summed E-state index contributed by atoms with van der Waals surface area (Å²) in [6.07, 6.45) is 11.0. The van der Waals surface area contributed by atoms with Gasteiger partial charge < -0.3 is 5.32 Å². The van der Waals surface area contributed by atoms with Crippen molar-refractivity contribution < 1.29 is 4.79 Å². The van der Waals surface area contributed by atoms with Crippen LogP contribution in [0, 0.1) is 0 Å². The second-order valence-electron chi connectivity index (χ2n) is 7.75. The fourth-order valence-corrected chi connectivity index (χ4v) is 3.29. The van der Waals surface area contributed by atoms with Crippen molar-refractivity contribution in [1.82, 2.24) is 20.2 Å². The number of carbonyl (C=O) groups is 1. The van der Waals surface area contributed by atoms with Gasteiger partial charge in [0.05, 0.1) is 0 Å². The Balaban J connectivity index is 1.70. The molecule has 1 N–H and O–H groups in total. The molecule has 6 heteroatoms. The molecule has 28 heavy (non-hydrogen) atoms. The van der Waals surface area contributed by atoms with Gasteiger partial charge in [0.1, 0.15) is 6.54 Å². The topological polar surface area (TPSA) is 72.7 Å². The van der Waals surface area contributed by atoms with Crippen LogP contribution in [0.15, 0.2) is 24.3 Å². The molecule has 154 valence electrons. The first-order valence-corrected chi connectivity index (χ1v) is 10.8. The minimum atomic E-state index is -0.135. The van der Waals surface area contributed by atoms with Crippen LogP contribution in [0.2, 0.25) is 0 Å². The Hall–Kier alpha value is -2.24. The van der Waals surface area contributed by atoms with Crippen LogP contribution >= 0.6 is 0 Å². The number of nitrogens with one attached hydrogen (secondary N) is 1. The van der Waals surface area contributed by atoms with Gasteiger partial charge in [-0.05, 0) is 29.2 Å². The lowest BCUT2D eigenvalue weighted by Crippen LogP contribution is -2.21. The van der Waals surface area contributed by atoms with Crippen LogP contribution in [0.1, 0.15) is 89.4 Å². The van der Waals surface area contributed by atoms with Crippen LogP contribution < -0.4 is 5.32 Å². The second kappa shape index (κ2) is 12.3. The zero-order valence-electron chi connectivity index (χ0n) is 17.7. The van der Waals surface area contributed by atoms with Gasteiger partial charge in [0.25, 0.3) is 0 Å². The van der Waals surface area contributed by atoms with Crippen LogP contribution in [0.25, 0.3) is 0 Å². The number of amides is 1. The van der Waals surface area contributed by atoms with E-state index >= 15 is 0 Å². The fraction of sp³-hybridized carbons (Fsp3) is 0.636. The van der Waals surface area contributed by atoms with Crippen LogP contribution in [0.3, 0.4) is 0 Å². The average molecular weight is 386 g/mol. The number of aromatic nitrogens is 4. The molecule has 6 nitrogen and oxygen atoms in total. The van der Waals surface area contributed by atoms with Crippen molar-refractivity contribution in [3.05, 3.63) is 35.7 Å². The summed E-state index contributed by atoms with van der Waals surface area (Å²) >= 11 is 0. The quantitative estimate of drug-likeness (QED) is 0.486. The number of hydrogen-bond donors (Lipinski definition) is 1. The number of aryl methyl sites for hydroxylation is 1. The van der Waals surface area contributed by atoms with Crippen molar-refractivity contribution in [1.29, 1.82) is 0 Å². The molecule has 0 spiro atoms. The highest BCUT2D eigenvalue weighted by Gasteiger charge is 2.11. The van der Waals surface area contributed by atoms with E-state index in [2.05, 4.69) is 41.5 Å². The summed E-state index contributed by atoms with van der Waals surface area (Å²) < 4.78 is 0. The number of tetrazole rings is 1. The summed E-state index contributed by atoms with van der Waals surface area (Å²) in [5, 5.41) is 15.4. The van der Waals surface area contributed by atoms with Gasteiger partial charge in [-0.1, -0.05) is 83.9 Å². The van der Waals surface area contributed by atoms with Gasteiger partial charge in [-0.15, -0.1) is 10.2 Å². The molecule has 0 atom stereocenters. The number of carbonyl (C=O) groups excluding carboxylic acids is 1. The van der Waals surface area contributed by atoms with Crippen molar-refractivity contribution in [2.45, 2.75) is 91.0 Å². The standard InChI is InChI=1S/C22H35N5O/c1-4-5-6-7-8-9-10-11-16-21-24-26-27(25-21)17-22(28)23-20-15-13-12-14-19(20)18(2)3/h12-15,18H,4-11,16-17H2,1-3H3,(H,23,28). The maximum atomic E-state index is 12.3. The number of rotatable bonds is 13. The van der Waals surface area contributed by atoms with Crippen molar-refractivity contribution in [2.24, 2.45) is 0 Å². The molecule has 1 amide bonds. The first kappa shape index (κ1) is 22.1. The summed E-state index contributed by atoms with van der Waals surface area (Å²) in [6.45, 7) is 6.55. The van der Waals surface area contributed by atoms with Crippen LogP contribution in [0.4, 0.5) is 5.69 Å². The van der Waals surface area contributed by atoms with E-state index in [0.29, 0.717) is 5.92 Å². The second-order valence-corrected chi connectivity index (χ2v) is 7.75. The van der Waals surface area contributed by atoms with Crippen LogP contribution in [-0.4, -0.2) is 26.1 Å². The number of hydrogen-bond acceptors (Lipinski definition) is 4. The SMILES string of the molecule is CCCCCCCCCCc1nnn(CC(=O)Nc2ccccc2C(C)C)n1. The van der Waals surface area contributed by atoms with Gasteiger partial charge in [-0.25, -0.2) is 0 Å². The summed E-state index contributed by atoms with van der Waals surface area (Å²) in [4.78, 5) is 13.7. The monoisotopic (exact) mass is 385 g/mol. The Morgan fingerprint density at radius 2 is 1.71 bits per heavy atom. The molecule has 0 bridgehead atoms. The van der Waals surface area contributed by atoms with Crippen molar-refractivity contribution in [2.75, 3.05) is 5.32 Å². The predicted molar refractivity (Wildman–Crippen MR) is 113 cm³/mol. The van der Waals surface area contributed by atoms with E-state index in [4.69, 9.17) is 0 Å². The van der Waals surface area contributed by atoms with Crippen molar-refractivity contribution >= 4 is 11.6 Å². The smallest absolute Gasteiger partial charge is 0.248 e. The van der Waals surface area contributed by atoms with E-state index in [1.54, 1.807) is 0 Å². The van der Waals surface area contributed by atoms with E-state index in [9.17, 15) is 4.79 Å². The van der Waals surface area contributed by atoms with E-state index in [-0.39, 0.29) is 12.5 Å². The van der Waals surface area contributed by atoms with E-state index in [1.807, 2.05) is 24.3 Å².